The number of nitrogens with zero attached hydrogens (tertiary/aromatic N) is 2. The van der Waals surface area contributed by atoms with E-state index in [4.69, 9.17) is 27.9 Å². The van der Waals surface area contributed by atoms with E-state index in [-0.39, 0.29) is 23.8 Å². The summed E-state index contributed by atoms with van der Waals surface area (Å²) in [7, 11) is 0. The number of hydrogen-bond acceptors (Lipinski definition) is 5. The minimum absolute atomic E-state index is 0.170. The molecule has 0 fully saturated rings. The summed E-state index contributed by atoms with van der Waals surface area (Å²) in [5.74, 6) is -1.05. The van der Waals surface area contributed by atoms with Gasteiger partial charge in [0.05, 0.1) is 11.6 Å². The fourth-order valence-electron chi connectivity index (χ4n) is 1.13. The van der Waals surface area contributed by atoms with Crippen molar-refractivity contribution in [2.45, 2.75) is 13.8 Å². The number of aliphatic hydroxyl groups excluding tert-OH is 1. The first-order valence-electron chi connectivity index (χ1n) is 5.39. The van der Waals surface area contributed by atoms with Crippen LogP contribution in [0, 0.1) is 0 Å². The van der Waals surface area contributed by atoms with Crippen molar-refractivity contribution in [1.82, 2.24) is 0 Å². The summed E-state index contributed by atoms with van der Waals surface area (Å²) in [6.07, 6.45) is 0. The molecule has 0 saturated heterocycles. The van der Waals surface area contributed by atoms with Gasteiger partial charge in [-0.3, -0.25) is 0 Å². The Labute approximate surface area is 120 Å². The summed E-state index contributed by atoms with van der Waals surface area (Å²) in [4.78, 5) is 11.5. The maximum absolute atomic E-state index is 11.5. The largest absolute Gasteiger partial charge is 0.510 e. The molecule has 0 radical (unpaired) electrons. The van der Waals surface area contributed by atoms with Crippen LogP contribution in [-0.2, 0) is 9.53 Å². The highest BCUT2D eigenvalue weighted by Gasteiger charge is 2.14. The number of esters is 1. The van der Waals surface area contributed by atoms with Crippen LogP contribution in [-0.4, -0.2) is 17.7 Å². The van der Waals surface area contributed by atoms with Crippen LogP contribution in [0.25, 0.3) is 0 Å². The zero-order valence-electron chi connectivity index (χ0n) is 10.4. The second-order valence-corrected chi connectivity index (χ2v) is 4.29. The molecule has 0 aliphatic rings. The monoisotopic (exact) mass is 302 g/mol. The van der Waals surface area contributed by atoms with Gasteiger partial charge in [-0.25, -0.2) is 4.79 Å². The lowest BCUT2D eigenvalue weighted by molar-refractivity contribution is -0.138. The number of hydrogen-bond donors (Lipinski definition) is 1. The van der Waals surface area contributed by atoms with E-state index in [0.717, 1.165) is 0 Å². The highest BCUT2D eigenvalue weighted by atomic mass is 35.5. The third-order valence-electron chi connectivity index (χ3n) is 1.98. The smallest absolute Gasteiger partial charge is 0.362 e. The molecule has 0 aromatic heterocycles. The van der Waals surface area contributed by atoms with Gasteiger partial charge in [0.2, 0.25) is 5.70 Å². The first-order valence-corrected chi connectivity index (χ1v) is 6.15. The van der Waals surface area contributed by atoms with E-state index >= 15 is 0 Å². The average Bonchev–Trinajstić information content (AvgIpc) is 2.33. The Kier molecular flexibility index (Phi) is 5.79. The molecular weight excluding hydrogens is 291 g/mol. The van der Waals surface area contributed by atoms with Crippen molar-refractivity contribution < 1.29 is 14.6 Å². The van der Waals surface area contributed by atoms with Gasteiger partial charge in [0, 0.05) is 5.02 Å². The van der Waals surface area contributed by atoms with Gasteiger partial charge in [-0.2, -0.15) is 0 Å². The molecular formula is C12H12Cl2N2O3. The van der Waals surface area contributed by atoms with Crippen molar-refractivity contribution in [3.8, 4) is 0 Å². The van der Waals surface area contributed by atoms with Gasteiger partial charge in [-0.05, 0) is 32.0 Å². The summed E-state index contributed by atoms with van der Waals surface area (Å²) in [5, 5.41) is 17.6. The molecule has 0 saturated carbocycles. The van der Waals surface area contributed by atoms with Crippen LogP contribution >= 0.6 is 23.2 Å². The fraction of sp³-hybridized carbons (Fsp3) is 0.250. The number of ether oxygens (including phenoxy) is 1. The van der Waals surface area contributed by atoms with Crippen LogP contribution in [0.1, 0.15) is 13.8 Å². The molecule has 0 heterocycles. The predicted octanol–water partition coefficient (Wildman–Crippen LogP) is 4.43. The summed E-state index contributed by atoms with van der Waals surface area (Å²) >= 11 is 11.7. The molecule has 0 atom stereocenters. The van der Waals surface area contributed by atoms with Gasteiger partial charge < -0.3 is 9.84 Å². The molecule has 0 aliphatic heterocycles. The third-order valence-corrected chi connectivity index (χ3v) is 2.53. The first kappa shape index (κ1) is 15.5. The molecule has 0 amide bonds. The lowest BCUT2D eigenvalue weighted by Crippen LogP contribution is -2.07. The molecule has 0 unspecified atom stereocenters. The van der Waals surface area contributed by atoms with Crippen LogP contribution in [0.5, 0.6) is 0 Å². The normalized spacial score (nSPS) is 12.4. The van der Waals surface area contributed by atoms with Gasteiger partial charge in [-0.1, -0.05) is 23.2 Å². The Bertz CT molecular complexity index is 538. The number of allylic oxidation sites excluding steroid dienone is 1. The second kappa shape index (κ2) is 7.11. The van der Waals surface area contributed by atoms with E-state index in [0.29, 0.717) is 10.0 Å². The van der Waals surface area contributed by atoms with Crippen LogP contribution < -0.4 is 0 Å². The molecule has 1 aromatic rings. The molecule has 0 aliphatic carbocycles. The Hall–Kier alpha value is -1.59. The Morgan fingerprint density at radius 3 is 2.68 bits per heavy atom. The minimum Gasteiger partial charge on any atom is -0.510 e. The number of azo groups is 1. The number of carbonyl (C=O) groups is 1. The van der Waals surface area contributed by atoms with Gasteiger partial charge in [0.25, 0.3) is 0 Å². The van der Waals surface area contributed by atoms with Gasteiger partial charge in [0.1, 0.15) is 11.4 Å². The van der Waals surface area contributed by atoms with Crippen LogP contribution in [0.2, 0.25) is 10.0 Å². The molecule has 1 N–H and O–H groups in total. The lowest BCUT2D eigenvalue weighted by atomic mass is 10.3. The van der Waals surface area contributed by atoms with Crippen molar-refractivity contribution in [3.05, 3.63) is 39.7 Å². The maximum atomic E-state index is 11.5. The highest BCUT2D eigenvalue weighted by molar-refractivity contribution is 6.35. The standard InChI is InChI=1S/C12H12Cl2N2O3/c1-3-19-12(18)11(7(2)17)16-15-10-6-8(13)4-5-9(10)14/h4-6,17H,3H2,1-2H3. The van der Waals surface area contributed by atoms with Crippen LogP contribution in [0.4, 0.5) is 5.69 Å². The van der Waals surface area contributed by atoms with Gasteiger partial charge in [-0.15, -0.1) is 10.2 Å². The molecule has 0 spiro atoms. The Morgan fingerprint density at radius 2 is 2.11 bits per heavy atom. The molecule has 0 bridgehead atoms. The van der Waals surface area contributed by atoms with E-state index in [2.05, 4.69) is 10.2 Å². The topological polar surface area (TPSA) is 71.2 Å². The molecule has 5 nitrogen and oxygen atoms in total. The predicted molar refractivity (Wildman–Crippen MR) is 72.9 cm³/mol. The van der Waals surface area contributed by atoms with E-state index in [1.165, 1.54) is 13.0 Å². The first-order chi connectivity index (χ1) is 8.95. The maximum Gasteiger partial charge on any atom is 0.362 e. The van der Waals surface area contributed by atoms with Crippen molar-refractivity contribution >= 4 is 34.9 Å². The number of rotatable bonds is 4. The van der Waals surface area contributed by atoms with Gasteiger partial charge >= 0.3 is 5.97 Å². The Morgan fingerprint density at radius 1 is 1.42 bits per heavy atom. The quantitative estimate of drug-likeness (QED) is 0.387. The third kappa shape index (κ3) is 4.54. The molecule has 1 rings (SSSR count). The zero-order chi connectivity index (χ0) is 14.4. The number of halogens is 2. The SMILES string of the molecule is CCOC(=O)C(N=Nc1cc(Cl)ccc1Cl)=C(C)O. The molecule has 1 aromatic carbocycles. The number of carbonyl (C=O) groups excluding carboxylic acids is 1. The zero-order valence-corrected chi connectivity index (χ0v) is 11.9. The van der Waals surface area contributed by atoms with E-state index < -0.39 is 5.97 Å². The summed E-state index contributed by atoms with van der Waals surface area (Å²) in [6, 6.07) is 4.64. The highest BCUT2D eigenvalue weighted by Crippen LogP contribution is 2.29. The van der Waals surface area contributed by atoms with E-state index in [1.54, 1.807) is 19.1 Å². The molecule has 7 heteroatoms. The van der Waals surface area contributed by atoms with Crippen molar-refractivity contribution in [1.29, 1.82) is 0 Å². The van der Waals surface area contributed by atoms with Crippen molar-refractivity contribution in [2.24, 2.45) is 10.2 Å². The number of aliphatic hydroxyl groups is 1. The summed E-state index contributed by atoms with van der Waals surface area (Å²) < 4.78 is 4.74. The average molecular weight is 303 g/mol. The summed E-state index contributed by atoms with van der Waals surface area (Å²) in [5.41, 5.74) is 0.00936. The van der Waals surface area contributed by atoms with E-state index in [9.17, 15) is 9.90 Å². The fourth-order valence-corrected chi connectivity index (χ4v) is 1.45. The molecule has 19 heavy (non-hydrogen) atoms. The van der Waals surface area contributed by atoms with Gasteiger partial charge in [0.15, 0.2) is 0 Å². The summed E-state index contributed by atoms with van der Waals surface area (Å²) in [6.45, 7) is 3.13. The van der Waals surface area contributed by atoms with Crippen LogP contribution in [0.3, 0.4) is 0 Å². The van der Waals surface area contributed by atoms with Crippen LogP contribution in [0.15, 0.2) is 39.9 Å². The number of benzene rings is 1. The van der Waals surface area contributed by atoms with Crippen molar-refractivity contribution in [2.75, 3.05) is 6.61 Å². The second-order valence-electron chi connectivity index (χ2n) is 3.45. The molecule has 102 valence electrons. The lowest BCUT2D eigenvalue weighted by Gasteiger charge is -2.02. The van der Waals surface area contributed by atoms with Crippen molar-refractivity contribution in [3.63, 3.8) is 0 Å². The Balaban J connectivity index is 3.04. The minimum atomic E-state index is -0.760. The van der Waals surface area contributed by atoms with E-state index in [1.807, 2.05) is 0 Å².